The smallest absolute Gasteiger partial charge is 0.0546 e. The monoisotopic (exact) mass is 739 g/mol. The molecule has 10 aromatic carbocycles. The predicted octanol–water partition coefficient (Wildman–Crippen LogP) is 15.9. The number of hydrogen-bond acceptors (Lipinski definition) is 1. The third-order valence-corrected chi connectivity index (χ3v) is 12.4. The number of fused-ring (bicyclic) bond motifs is 7. The Bertz CT molecular complexity index is 3180. The van der Waals surface area contributed by atoms with E-state index in [2.05, 4.69) is 231 Å². The Labute approximate surface area is 340 Å². The zero-order valence-electron chi connectivity index (χ0n) is 32.7. The molecule has 274 valence electrons. The Hall–Kier alpha value is -7.22. The van der Waals surface area contributed by atoms with Crippen molar-refractivity contribution in [3.8, 4) is 44.5 Å². The van der Waals surface area contributed by atoms with Crippen LogP contribution in [0.15, 0.2) is 212 Å². The highest BCUT2D eigenvalue weighted by atomic mass is 15.1. The summed E-state index contributed by atoms with van der Waals surface area (Å²) in [6.45, 7) is 4.73. The van der Waals surface area contributed by atoms with Crippen molar-refractivity contribution in [1.29, 1.82) is 0 Å². The average molecular weight is 740 g/mol. The molecule has 0 saturated heterocycles. The third kappa shape index (κ3) is 5.46. The standard InChI is InChI=1S/C57H41N/c1-57(2)54-27-10-9-22-51(54)53-26-13-25-49(56(53)57)40-30-34-45(35-31-40)58(55-37-43-15-4-6-20-48(43)50-21-7-8-23-52(50)55)44-32-28-38(29-33-44)41-17-11-18-42(36-41)47-24-12-16-39-14-3-5-19-46(39)47/h3-37H,1-2H3. The fourth-order valence-electron chi connectivity index (χ4n) is 9.67. The highest BCUT2D eigenvalue weighted by Gasteiger charge is 2.37. The van der Waals surface area contributed by atoms with E-state index in [1.807, 2.05) is 0 Å². The maximum absolute atomic E-state index is 2.43. The van der Waals surface area contributed by atoms with E-state index in [0.29, 0.717) is 0 Å². The first-order valence-electron chi connectivity index (χ1n) is 20.3. The lowest BCUT2D eigenvalue weighted by atomic mass is 9.79. The van der Waals surface area contributed by atoms with E-state index < -0.39 is 0 Å². The summed E-state index contributed by atoms with van der Waals surface area (Å²) >= 11 is 0. The van der Waals surface area contributed by atoms with Gasteiger partial charge in [0.1, 0.15) is 0 Å². The fraction of sp³-hybridized carbons (Fsp3) is 0.0526. The Morgan fingerprint density at radius 2 is 0.862 bits per heavy atom. The Balaban J connectivity index is 1.03. The summed E-state index contributed by atoms with van der Waals surface area (Å²) in [5, 5.41) is 7.48. The SMILES string of the molecule is CC1(C)c2ccccc2-c2cccc(-c3ccc(N(c4ccc(-c5cccc(-c6cccc7ccccc67)c5)cc4)c4cc5ccccc5c5ccccc45)cc3)c21. The zero-order valence-corrected chi connectivity index (χ0v) is 32.7. The second-order valence-corrected chi connectivity index (χ2v) is 16.1. The van der Waals surface area contributed by atoms with E-state index in [0.717, 1.165) is 17.1 Å². The first-order valence-corrected chi connectivity index (χ1v) is 20.3. The van der Waals surface area contributed by atoms with Gasteiger partial charge in [-0.15, -0.1) is 0 Å². The normalized spacial score (nSPS) is 12.8. The van der Waals surface area contributed by atoms with Gasteiger partial charge in [0.05, 0.1) is 5.69 Å². The maximum atomic E-state index is 2.43. The molecular weight excluding hydrogens is 699 g/mol. The van der Waals surface area contributed by atoms with E-state index in [1.165, 1.54) is 88.0 Å². The molecule has 1 heteroatoms. The van der Waals surface area contributed by atoms with Crippen LogP contribution in [0.4, 0.5) is 17.1 Å². The Morgan fingerprint density at radius 1 is 0.328 bits per heavy atom. The minimum Gasteiger partial charge on any atom is -0.310 e. The van der Waals surface area contributed by atoms with Crippen LogP contribution >= 0.6 is 0 Å². The van der Waals surface area contributed by atoms with Crippen LogP contribution < -0.4 is 4.90 Å². The molecule has 0 aliphatic heterocycles. The molecule has 0 radical (unpaired) electrons. The number of hydrogen-bond donors (Lipinski definition) is 0. The molecule has 1 aliphatic carbocycles. The van der Waals surface area contributed by atoms with Crippen LogP contribution in [0.2, 0.25) is 0 Å². The van der Waals surface area contributed by atoms with Crippen LogP contribution in [0, 0.1) is 0 Å². The lowest BCUT2D eigenvalue weighted by molar-refractivity contribution is 0.662. The van der Waals surface area contributed by atoms with Gasteiger partial charge in [0, 0.05) is 22.2 Å². The van der Waals surface area contributed by atoms with Crippen LogP contribution in [0.5, 0.6) is 0 Å². The summed E-state index contributed by atoms with van der Waals surface area (Å²) in [5.41, 5.74) is 16.2. The molecule has 0 heterocycles. The van der Waals surface area contributed by atoms with E-state index in [9.17, 15) is 0 Å². The van der Waals surface area contributed by atoms with Gasteiger partial charge < -0.3 is 4.90 Å². The molecule has 58 heavy (non-hydrogen) atoms. The highest BCUT2D eigenvalue weighted by Crippen LogP contribution is 2.52. The first-order chi connectivity index (χ1) is 28.5. The molecule has 1 nitrogen and oxygen atoms in total. The molecule has 0 N–H and O–H groups in total. The highest BCUT2D eigenvalue weighted by molar-refractivity contribution is 6.14. The summed E-state index contributed by atoms with van der Waals surface area (Å²) < 4.78 is 0. The molecular formula is C57H41N. The van der Waals surface area contributed by atoms with Crippen molar-refractivity contribution in [1.82, 2.24) is 0 Å². The third-order valence-electron chi connectivity index (χ3n) is 12.4. The summed E-state index contributed by atoms with van der Waals surface area (Å²) in [5.74, 6) is 0. The molecule has 0 unspecified atom stereocenters. The van der Waals surface area contributed by atoms with Crippen molar-refractivity contribution in [2.24, 2.45) is 0 Å². The Morgan fingerprint density at radius 3 is 1.66 bits per heavy atom. The lowest BCUT2D eigenvalue weighted by Gasteiger charge is -2.28. The first kappa shape index (κ1) is 34.1. The topological polar surface area (TPSA) is 3.24 Å². The van der Waals surface area contributed by atoms with Gasteiger partial charge in [0.25, 0.3) is 0 Å². The average Bonchev–Trinajstić information content (AvgIpc) is 3.53. The van der Waals surface area contributed by atoms with Crippen LogP contribution in [-0.4, -0.2) is 0 Å². The zero-order chi connectivity index (χ0) is 38.8. The molecule has 0 fully saturated rings. The van der Waals surface area contributed by atoms with E-state index in [-0.39, 0.29) is 5.41 Å². The minimum absolute atomic E-state index is 0.0899. The number of rotatable bonds is 6. The second-order valence-electron chi connectivity index (χ2n) is 16.1. The van der Waals surface area contributed by atoms with Crippen LogP contribution in [-0.2, 0) is 5.41 Å². The van der Waals surface area contributed by atoms with Gasteiger partial charge in [-0.2, -0.15) is 0 Å². The second kappa shape index (κ2) is 13.5. The molecule has 0 saturated carbocycles. The van der Waals surface area contributed by atoms with E-state index >= 15 is 0 Å². The van der Waals surface area contributed by atoms with Crippen molar-refractivity contribution >= 4 is 49.4 Å². The van der Waals surface area contributed by atoms with Crippen LogP contribution in [0.25, 0.3) is 76.8 Å². The predicted molar refractivity (Wildman–Crippen MR) is 248 cm³/mol. The van der Waals surface area contributed by atoms with Crippen molar-refractivity contribution in [3.63, 3.8) is 0 Å². The van der Waals surface area contributed by atoms with Crippen molar-refractivity contribution in [2.45, 2.75) is 19.3 Å². The Kier molecular flexibility index (Phi) is 7.91. The minimum atomic E-state index is -0.0899. The number of benzene rings is 10. The van der Waals surface area contributed by atoms with Gasteiger partial charge >= 0.3 is 0 Å². The fourth-order valence-corrected chi connectivity index (χ4v) is 9.67. The lowest BCUT2D eigenvalue weighted by Crippen LogP contribution is -2.16. The maximum Gasteiger partial charge on any atom is 0.0546 e. The number of nitrogens with zero attached hydrogens (tertiary/aromatic N) is 1. The molecule has 1 aliphatic rings. The quantitative estimate of drug-likeness (QED) is 0.154. The van der Waals surface area contributed by atoms with Gasteiger partial charge in [-0.3, -0.25) is 0 Å². The van der Waals surface area contributed by atoms with E-state index in [1.54, 1.807) is 0 Å². The summed E-state index contributed by atoms with van der Waals surface area (Å²) in [4.78, 5) is 2.43. The molecule has 0 spiro atoms. The van der Waals surface area contributed by atoms with Crippen molar-refractivity contribution in [2.75, 3.05) is 4.90 Å². The van der Waals surface area contributed by atoms with E-state index in [4.69, 9.17) is 0 Å². The van der Waals surface area contributed by atoms with Gasteiger partial charge in [0.15, 0.2) is 0 Å². The van der Waals surface area contributed by atoms with Gasteiger partial charge in [0.2, 0.25) is 0 Å². The molecule has 10 aromatic rings. The van der Waals surface area contributed by atoms with Gasteiger partial charge in [-0.05, 0) is 119 Å². The van der Waals surface area contributed by atoms with Crippen LogP contribution in [0.1, 0.15) is 25.0 Å². The summed E-state index contributed by atoms with van der Waals surface area (Å²) in [6, 6.07) is 78.1. The number of anilines is 3. The summed E-state index contributed by atoms with van der Waals surface area (Å²) in [7, 11) is 0. The molecule has 0 atom stereocenters. The van der Waals surface area contributed by atoms with Crippen molar-refractivity contribution in [3.05, 3.63) is 223 Å². The molecule has 0 aromatic heterocycles. The van der Waals surface area contributed by atoms with Gasteiger partial charge in [-0.25, -0.2) is 0 Å². The molecule has 0 amide bonds. The van der Waals surface area contributed by atoms with Crippen LogP contribution in [0.3, 0.4) is 0 Å². The van der Waals surface area contributed by atoms with Crippen molar-refractivity contribution < 1.29 is 0 Å². The largest absolute Gasteiger partial charge is 0.310 e. The summed E-state index contributed by atoms with van der Waals surface area (Å²) in [6.07, 6.45) is 0. The molecule has 11 rings (SSSR count). The molecule has 0 bridgehead atoms. The van der Waals surface area contributed by atoms with Gasteiger partial charge in [-0.1, -0.05) is 190 Å².